The molecule has 2 unspecified atom stereocenters. The molecule has 0 saturated carbocycles. The molecule has 2 atom stereocenters. The Balaban J connectivity index is 2.25. The molecule has 2 aromatic carbocycles. The van der Waals surface area contributed by atoms with Crippen LogP contribution < -0.4 is 4.74 Å². The summed E-state index contributed by atoms with van der Waals surface area (Å²) in [6.45, 7) is 3.71. The predicted molar refractivity (Wildman–Crippen MR) is 77.0 cm³/mol. The quantitative estimate of drug-likeness (QED) is 0.899. The van der Waals surface area contributed by atoms with E-state index >= 15 is 0 Å². The number of benzene rings is 2. The van der Waals surface area contributed by atoms with E-state index in [0.29, 0.717) is 5.56 Å². The molecule has 4 heteroatoms. The highest BCUT2D eigenvalue weighted by molar-refractivity contribution is 5.26. The molecule has 0 amide bonds. The smallest absolute Gasteiger partial charge is 0.165 e. The van der Waals surface area contributed by atoms with E-state index in [0.717, 1.165) is 18.2 Å². The zero-order valence-corrected chi connectivity index (χ0v) is 12.0. The Morgan fingerprint density at radius 1 is 1.00 bits per heavy atom. The van der Waals surface area contributed by atoms with E-state index in [2.05, 4.69) is 0 Å². The predicted octanol–water partition coefficient (Wildman–Crippen LogP) is 4.10. The van der Waals surface area contributed by atoms with Gasteiger partial charge in [0.05, 0.1) is 0 Å². The molecule has 0 aliphatic rings. The summed E-state index contributed by atoms with van der Waals surface area (Å²) in [5, 5.41) is 10.4. The molecule has 2 rings (SSSR count). The van der Waals surface area contributed by atoms with Gasteiger partial charge < -0.3 is 9.84 Å². The van der Waals surface area contributed by atoms with Crippen molar-refractivity contribution >= 4 is 0 Å². The van der Waals surface area contributed by atoms with Gasteiger partial charge in [-0.2, -0.15) is 0 Å². The van der Waals surface area contributed by atoms with E-state index in [1.165, 1.54) is 0 Å². The highest BCUT2D eigenvalue weighted by atomic mass is 19.1. The summed E-state index contributed by atoms with van der Waals surface area (Å²) in [6.07, 6.45) is -1.60. The van der Waals surface area contributed by atoms with Gasteiger partial charge in [-0.05, 0) is 23.6 Å². The Bertz CT molecular complexity index is 585. The van der Waals surface area contributed by atoms with Gasteiger partial charge in [0.15, 0.2) is 11.6 Å². The molecule has 0 radical (unpaired) electrons. The van der Waals surface area contributed by atoms with Gasteiger partial charge >= 0.3 is 0 Å². The zero-order chi connectivity index (χ0) is 15.4. The van der Waals surface area contributed by atoms with Crippen LogP contribution in [0.2, 0.25) is 0 Å². The van der Waals surface area contributed by atoms with Crippen LogP contribution in [0, 0.1) is 17.6 Å². The highest BCUT2D eigenvalue weighted by Crippen LogP contribution is 2.28. The maximum atomic E-state index is 13.7. The van der Waals surface area contributed by atoms with Crippen LogP contribution in [0.5, 0.6) is 5.75 Å². The monoisotopic (exact) mass is 292 g/mol. The number of halogens is 2. The fourth-order valence-electron chi connectivity index (χ4n) is 2.12. The summed E-state index contributed by atoms with van der Waals surface area (Å²) in [5.41, 5.74) is 0.674. The average Bonchev–Trinajstić information content (AvgIpc) is 2.48. The third-order valence-corrected chi connectivity index (χ3v) is 3.27. The van der Waals surface area contributed by atoms with E-state index in [-0.39, 0.29) is 11.7 Å². The van der Waals surface area contributed by atoms with E-state index in [9.17, 15) is 13.9 Å². The minimum Gasteiger partial charge on any atom is -0.484 e. The highest BCUT2D eigenvalue weighted by Gasteiger charge is 2.27. The van der Waals surface area contributed by atoms with Crippen LogP contribution in [-0.4, -0.2) is 11.2 Å². The van der Waals surface area contributed by atoms with Crippen LogP contribution >= 0.6 is 0 Å². The van der Waals surface area contributed by atoms with E-state index < -0.39 is 23.8 Å². The summed E-state index contributed by atoms with van der Waals surface area (Å²) in [4.78, 5) is 0. The fraction of sp³-hybridized carbons (Fsp3) is 0.294. The second-order valence-electron chi connectivity index (χ2n) is 5.26. The lowest BCUT2D eigenvalue weighted by Crippen LogP contribution is -2.31. The lowest BCUT2D eigenvalue weighted by Gasteiger charge is -2.27. The van der Waals surface area contributed by atoms with E-state index in [1.807, 2.05) is 19.9 Å². The first kappa shape index (κ1) is 15.4. The summed E-state index contributed by atoms with van der Waals surface area (Å²) in [6, 6.07) is 12.0. The van der Waals surface area contributed by atoms with Crippen molar-refractivity contribution in [3.8, 4) is 5.75 Å². The molecule has 0 aliphatic carbocycles. The first-order chi connectivity index (χ1) is 9.99. The molecule has 112 valence electrons. The largest absolute Gasteiger partial charge is 0.484 e. The molecule has 2 aromatic rings. The molecule has 0 spiro atoms. The molecule has 2 nitrogen and oxygen atoms in total. The summed E-state index contributed by atoms with van der Waals surface area (Å²) >= 11 is 0. The Kier molecular flexibility index (Phi) is 4.91. The number of aliphatic hydroxyl groups is 1. The second-order valence-corrected chi connectivity index (χ2v) is 5.26. The lowest BCUT2D eigenvalue weighted by molar-refractivity contribution is 0.00559. The van der Waals surface area contributed by atoms with Gasteiger partial charge in [0.25, 0.3) is 0 Å². The van der Waals surface area contributed by atoms with Gasteiger partial charge in [0, 0.05) is 6.07 Å². The maximum absolute atomic E-state index is 13.7. The third kappa shape index (κ3) is 3.79. The number of rotatable bonds is 5. The Morgan fingerprint density at radius 2 is 1.67 bits per heavy atom. The number of hydrogen-bond acceptors (Lipinski definition) is 2. The number of hydrogen-bond donors (Lipinski definition) is 1. The van der Waals surface area contributed by atoms with Crippen LogP contribution in [-0.2, 0) is 0 Å². The molecular formula is C17H18F2O2. The standard InChI is InChI=1S/C17H18F2O2/c1-11(2)17(16(20)12-6-4-3-5-7-12)21-15-10-13(18)8-9-14(15)19/h3-11,16-17,20H,1-2H3. The molecule has 0 aliphatic heterocycles. The fourth-order valence-corrected chi connectivity index (χ4v) is 2.12. The van der Waals surface area contributed by atoms with Crippen LogP contribution in [0.15, 0.2) is 48.5 Å². The van der Waals surface area contributed by atoms with Gasteiger partial charge in [-0.3, -0.25) is 0 Å². The summed E-state index contributed by atoms with van der Waals surface area (Å²) in [5.74, 6) is -1.50. The molecule has 0 aromatic heterocycles. The molecule has 0 bridgehead atoms. The van der Waals surface area contributed by atoms with Gasteiger partial charge in [-0.25, -0.2) is 8.78 Å². The van der Waals surface area contributed by atoms with Crippen molar-refractivity contribution in [3.05, 3.63) is 65.7 Å². The molecule has 21 heavy (non-hydrogen) atoms. The topological polar surface area (TPSA) is 29.5 Å². The SMILES string of the molecule is CC(C)C(Oc1cc(F)ccc1F)C(O)c1ccccc1. The molecular weight excluding hydrogens is 274 g/mol. The summed E-state index contributed by atoms with van der Waals surface area (Å²) in [7, 11) is 0. The minimum absolute atomic E-state index is 0.0807. The maximum Gasteiger partial charge on any atom is 0.165 e. The van der Waals surface area contributed by atoms with E-state index in [4.69, 9.17) is 4.74 Å². The minimum atomic E-state index is -0.922. The third-order valence-electron chi connectivity index (χ3n) is 3.27. The number of ether oxygens (including phenoxy) is 1. The van der Waals surface area contributed by atoms with Crippen molar-refractivity contribution in [1.29, 1.82) is 0 Å². The molecule has 1 N–H and O–H groups in total. The van der Waals surface area contributed by atoms with E-state index in [1.54, 1.807) is 24.3 Å². The van der Waals surface area contributed by atoms with Gasteiger partial charge in [-0.1, -0.05) is 44.2 Å². The first-order valence-electron chi connectivity index (χ1n) is 6.83. The average molecular weight is 292 g/mol. The van der Waals surface area contributed by atoms with Crippen LogP contribution in [0.1, 0.15) is 25.5 Å². The second kappa shape index (κ2) is 6.68. The first-order valence-corrected chi connectivity index (χ1v) is 6.83. The Labute approximate surface area is 123 Å². The molecule has 0 fully saturated rings. The van der Waals surface area contributed by atoms with Crippen LogP contribution in [0.4, 0.5) is 8.78 Å². The number of aliphatic hydroxyl groups excluding tert-OH is 1. The Hall–Kier alpha value is -1.94. The van der Waals surface area contributed by atoms with Crippen molar-refractivity contribution in [2.75, 3.05) is 0 Å². The zero-order valence-electron chi connectivity index (χ0n) is 12.0. The van der Waals surface area contributed by atoms with Gasteiger partial charge in [-0.15, -0.1) is 0 Å². The van der Waals surface area contributed by atoms with Crippen molar-refractivity contribution in [2.45, 2.75) is 26.1 Å². The lowest BCUT2D eigenvalue weighted by atomic mass is 9.96. The van der Waals surface area contributed by atoms with Crippen molar-refractivity contribution in [1.82, 2.24) is 0 Å². The van der Waals surface area contributed by atoms with Crippen molar-refractivity contribution < 1.29 is 18.6 Å². The van der Waals surface area contributed by atoms with Gasteiger partial charge in [0.2, 0.25) is 0 Å². The Morgan fingerprint density at radius 3 is 2.29 bits per heavy atom. The van der Waals surface area contributed by atoms with Gasteiger partial charge in [0.1, 0.15) is 18.0 Å². The van der Waals surface area contributed by atoms with Crippen molar-refractivity contribution in [2.24, 2.45) is 5.92 Å². The molecule has 0 heterocycles. The van der Waals surface area contributed by atoms with Crippen LogP contribution in [0.25, 0.3) is 0 Å². The molecule has 0 saturated heterocycles. The van der Waals surface area contributed by atoms with Crippen molar-refractivity contribution in [3.63, 3.8) is 0 Å². The summed E-state index contributed by atoms with van der Waals surface area (Å²) < 4.78 is 32.4. The van der Waals surface area contributed by atoms with Crippen LogP contribution in [0.3, 0.4) is 0 Å². The normalized spacial score (nSPS) is 14.0.